The van der Waals surface area contributed by atoms with Crippen LogP contribution in [-0.2, 0) is 14.9 Å². The van der Waals surface area contributed by atoms with Crippen LogP contribution in [0.25, 0.3) is 0 Å². The molecule has 0 amide bonds. The number of nitrogens with zero attached hydrogens (tertiary/aromatic N) is 2. The average molecular weight is 406 g/mol. The van der Waals surface area contributed by atoms with Gasteiger partial charge in [-0.3, -0.25) is 4.99 Å². The molecule has 1 aromatic rings. The SMILES string of the molecule is CCNC(=NCC1(c2cccc(Cl)c2)CCOCC1)N1CCC2(CCOC2)C1. The van der Waals surface area contributed by atoms with Crippen LogP contribution in [0.4, 0.5) is 0 Å². The van der Waals surface area contributed by atoms with Crippen molar-refractivity contribution in [2.75, 3.05) is 52.6 Å². The van der Waals surface area contributed by atoms with Gasteiger partial charge in [0.15, 0.2) is 5.96 Å². The first-order valence-electron chi connectivity index (χ1n) is 10.6. The van der Waals surface area contributed by atoms with Crippen LogP contribution in [0.1, 0.15) is 38.2 Å². The van der Waals surface area contributed by atoms with E-state index in [1.807, 2.05) is 12.1 Å². The number of nitrogens with one attached hydrogen (secondary N) is 1. The first-order valence-corrected chi connectivity index (χ1v) is 11.0. The number of guanidine groups is 1. The highest BCUT2D eigenvalue weighted by Crippen LogP contribution is 2.39. The van der Waals surface area contributed by atoms with Crippen LogP contribution in [0.2, 0.25) is 5.02 Å². The van der Waals surface area contributed by atoms with Gasteiger partial charge in [-0.15, -0.1) is 0 Å². The summed E-state index contributed by atoms with van der Waals surface area (Å²) in [6.45, 7) is 9.25. The molecule has 154 valence electrons. The zero-order chi connectivity index (χ0) is 19.5. The van der Waals surface area contributed by atoms with Gasteiger partial charge in [-0.05, 0) is 50.3 Å². The van der Waals surface area contributed by atoms with Gasteiger partial charge in [0, 0.05) is 55.3 Å². The Morgan fingerprint density at radius 3 is 2.71 bits per heavy atom. The summed E-state index contributed by atoms with van der Waals surface area (Å²) in [6, 6.07) is 8.29. The lowest BCUT2D eigenvalue weighted by atomic mass is 9.74. The fraction of sp³-hybridized carbons (Fsp3) is 0.682. The maximum absolute atomic E-state index is 6.31. The lowest BCUT2D eigenvalue weighted by Gasteiger charge is -2.37. The first kappa shape index (κ1) is 20.0. The smallest absolute Gasteiger partial charge is 0.193 e. The Kier molecular flexibility index (Phi) is 6.14. The van der Waals surface area contributed by atoms with Gasteiger partial charge in [-0.25, -0.2) is 0 Å². The van der Waals surface area contributed by atoms with Gasteiger partial charge in [-0.2, -0.15) is 0 Å². The number of hydrogen-bond donors (Lipinski definition) is 1. The molecule has 0 radical (unpaired) electrons. The van der Waals surface area contributed by atoms with Crippen LogP contribution in [0.15, 0.2) is 29.3 Å². The third-order valence-electron chi connectivity index (χ3n) is 6.68. The van der Waals surface area contributed by atoms with E-state index in [9.17, 15) is 0 Å². The molecule has 1 N–H and O–H groups in total. The molecule has 4 rings (SSSR count). The zero-order valence-electron chi connectivity index (χ0n) is 16.9. The van der Waals surface area contributed by atoms with Crippen molar-refractivity contribution in [3.63, 3.8) is 0 Å². The van der Waals surface area contributed by atoms with Gasteiger partial charge in [0.25, 0.3) is 0 Å². The third kappa shape index (κ3) is 4.17. The van der Waals surface area contributed by atoms with Crippen LogP contribution in [0.3, 0.4) is 0 Å². The molecule has 3 aliphatic rings. The van der Waals surface area contributed by atoms with Gasteiger partial charge in [-0.1, -0.05) is 23.7 Å². The summed E-state index contributed by atoms with van der Waals surface area (Å²) >= 11 is 6.31. The van der Waals surface area contributed by atoms with Gasteiger partial charge < -0.3 is 19.7 Å². The van der Waals surface area contributed by atoms with Gasteiger partial charge in [0.1, 0.15) is 0 Å². The number of rotatable bonds is 4. The lowest BCUT2D eigenvalue weighted by molar-refractivity contribution is 0.0530. The Hall–Kier alpha value is -1.30. The second kappa shape index (κ2) is 8.60. The third-order valence-corrected chi connectivity index (χ3v) is 6.91. The maximum Gasteiger partial charge on any atom is 0.193 e. The molecule has 6 heteroatoms. The van der Waals surface area contributed by atoms with Gasteiger partial charge in [0.05, 0.1) is 13.2 Å². The van der Waals surface area contributed by atoms with Crippen LogP contribution in [-0.4, -0.2) is 63.5 Å². The number of halogens is 1. The Balaban J connectivity index is 1.55. The molecule has 0 bridgehead atoms. The van der Waals surface area contributed by atoms with E-state index in [0.717, 1.165) is 76.4 Å². The molecule has 3 heterocycles. The van der Waals surface area contributed by atoms with E-state index in [1.54, 1.807) is 0 Å². The zero-order valence-corrected chi connectivity index (χ0v) is 17.6. The predicted molar refractivity (Wildman–Crippen MR) is 113 cm³/mol. The van der Waals surface area contributed by atoms with Crippen molar-refractivity contribution in [3.05, 3.63) is 34.9 Å². The number of hydrogen-bond acceptors (Lipinski definition) is 3. The predicted octanol–water partition coefficient (Wildman–Crippen LogP) is 3.47. The molecule has 3 fully saturated rings. The second-order valence-corrected chi connectivity index (χ2v) is 8.98. The molecular weight excluding hydrogens is 374 g/mol. The minimum Gasteiger partial charge on any atom is -0.381 e. The minimum absolute atomic E-state index is 0.00228. The maximum atomic E-state index is 6.31. The summed E-state index contributed by atoms with van der Waals surface area (Å²) in [5, 5.41) is 4.32. The highest BCUT2D eigenvalue weighted by atomic mass is 35.5. The van der Waals surface area contributed by atoms with E-state index in [4.69, 9.17) is 26.1 Å². The van der Waals surface area contributed by atoms with E-state index < -0.39 is 0 Å². The van der Waals surface area contributed by atoms with Gasteiger partial charge in [0.2, 0.25) is 0 Å². The number of benzene rings is 1. The minimum atomic E-state index is -0.00228. The molecule has 1 unspecified atom stereocenters. The average Bonchev–Trinajstić information content (AvgIpc) is 3.36. The Bertz CT molecular complexity index is 697. The first-order chi connectivity index (χ1) is 13.6. The van der Waals surface area contributed by atoms with E-state index in [2.05, 4.69) is 29.3 Å². The molecule has 5 nitrogen and oxygen atoms in total. The van der Waals surface area contributed by atoms with Crippen LogP contribution < -0.4 is 5.32 Å². The number of likely N-dealkylation sites (tertiary alicyclic amines) is 1. The highest BCUT2D eigenvalue weighted by Gasteiger charge is 2.42. The van der Waals surface area contributed by atoms with Crippen molar-refractivity contribution >= 4 is 17.6 Å². The molecule has 0 aromatic heterocycles. The topological polar surface area (TPSA) is 46.1 Å². The van der Waals surface area contributed by atoms with Crippen LogP contribution in [0.5, 0.6) is 0 Å². The van der Waals surface area contributed by atoms with Crippen molar-refractivity contribution in [3.8, 4) is 0 Å². The second-order valence-electron chi connectivity index (χ2n) is 8.55. The fourth-order valence-corrected chi connectivity index (χ4v) is 5.05. The molecule has 1 aromatic carbocycles. The molecule has 3 aliphatic heterocycles. The monoisotopic (exact) mass is 405 g/mol. The molecular formula is C22H32ClN3O2. The standard InChI is InChI=1S/C22H32ClN3O2/c1-2-24-20(26-10-6-21(16-26)7-11-28-17-21)25-15-22(8-12-27-13-9-22)18-4-3-5-19(23)14-18/h3-5,14H,2,6-13,15-17H2,1H3,(H,24,25). The Morgan fingerprint density at radius 2 is 2.00 bits per heavy atom. The van der Waals surface area contributed by atoms with Crippen LogP contribution >= 0.6 is 11.6 Å². The molecule has 0 aliphatic carbocycles. The van der Waals surface area contributed by atoms with Crippen molar-refractivity contribution in [1.29, 1.82) is 0 Å². The summed E-state index contributed by atoms with van der Waals surface area (Å²) in [4.78, 5) is 7.58. The molecule has 1 spiro atoms. The molecule has 1 atom stereocenters. The van der Waals surface area contributed by atoms with E-state index >= 15 is 0 Å². The van der Waals surface area contributed by atoms with Crippen molar-refractivity contribution in [2.45, 2.75) is 38.0 Å². The van der Waals surface area contributed by atoms with E-state index in [0.29, 0.717) is 5.41 Å². The Labute approximate surface area is 173 Å². The molecule has 0 saturated carbocycles. The molecule has 3 saturated heterocycles. The molecule has 28 heavy (non-hydrogen) atoms. The quantitative estimate of drug-likeness (QED) is 0.615. The number of ether oxygens (including phenoxy) is 2. The fourth-order valence-electron chi connectivity index (χ4n) is 4.86. The normalized spacial score (nSPS) is 27.5. The van der Waals surface area contributed by atoms with E-state index in [1.165, 1.54) is 18.4 Å². The number of aliphatic imine (C=N–C) groups is 1. The van der Waals surface area contributed by atoms with Crippen molar-refractivity contribution < 1.29 is 9.47 Å². The lowest BCUT2D eigenvalue weighted by Crippen LogP contribution is -2.43. The highest BCUT2D eigenvalue weighted by molar-refractivity contribution is 6.30. The summed E-state index contributed by atoms with van der Waals surface area (Å²) < 4.78 is 11.4. The van der Waals surface area contributed by atoms with Crippen molar-refractivity contribution in [1.82, 2.24) is 10.2 Å². The largest absolute Gasteiger partial charge is 0.381 e. The summed E-state index contributed by atoms with van der Waals surface area (Å²) in [6.07, 6.45) is 4.33. The summed E-state index contributed by atoms with van der Waals surface area (Å²) in [5.41, 5.74) is 1.61. The summed E-state index contributed by atoms with van der Waals surface area (Å²) in [7, 11) is 0. The summed E-state index contributed by atoms with van der Waals surface area (Å²) in [5.74, 6) is 1.04. The van der Waals surface area contributed by atoms with Crippen molar-refractivity contribution in [2.24, 2.45) is 10.4 Å². The van der Waals surface area contributed by atoms with Crippen LogP contribution in [0, 0.1) is 5.41 Å². The van der Waals surface area contributed by atoms with E-state index in [-0.39, 0.29) is 5.41 Å². The Morgan fingerprint density at radius 1 is 1.18 bits per heavy atom. The van der Waals surface area contributed by atoms with Gasteiger partial charge >= 0.3 is 0 Å².